The van der Waals surface area contributed by atoms with Crippen molar-refractivity contribution in [1.29, 1.82) is 0 Å². The van der Waals surface area contributed by atoms with E-state index in [0.717, 1.165) is 5.56 Å². The van der Waals surface area contributed by atoms with Crippen molar-refractivity contribution in [1.82, 2.24) is 9.80 Å². The molecule has 2 heterocycles. The molecule has 2 aromatic rings. The number of anilines is 2. The fourth-order valence-electron chi connectivity index (χ4n) is 4.24. The summed E-state index contributed by atoms with van der Waals surface area (Å²) >= 11 is 1.28. The van der Waals surface area contributed by atoms with E-state index in [1.807, 2.05) is 6.08 Å². The summed E-state index contributed by atoms with van der Waals surface area (Å²) in [4.78, 5) is 32.4. The number of carbonyl (C=O) groups is 2. The van der Waals surface area contributed by atoms with E-state index >= 15 is 0 Å². The van der Waals surface area contributed by atoms with E-state index in [-0.39, 0.29) is 11.8 Å². The van der Waals surface area contributed by atoms with Crippen LogP contribution in [0.2, 0.25) is 0 Å². The quantitative estimate of drug-likeness (QED) is 0.386. The molecular formula is C28H32N6O4S2. The third kappa shape index (κ3) is 7.33. The molecule has 4 rings (SSSR count). The zero-order valence-electron chi connectivity index (χ0n) is 22.1. The van der Waals surface area contributed by atoms with Crippen molar-refractivity contribution < 1.29 is 18.0 Å². The Kier molecular flexibility index (Phi) is 9.33. The highest BCUT2D eigenvalue weighted by molar-refractivity contribution is 8.15. The summed E-state index contributed by atoms with van der Waals surface area (Å²) in [5.41, 5.74) is 8.60. The Bertz CT molecular complexity index is 1430. The number of hydrogen-bond acceptors (Lipinski definition) is 8. The summed E-state index contributed by atoms with van der Waals surface area (Å²) < 4.78 is 27.2. The summed E-state index contributed by atoms with van der Waals surface area (Å²) in [6.45, 7) is 7.60. The van der Waals surface area contributed by atoms with E-state index in [1.54, 1.807) is 69.8 Å². The number of nitrogens with one attached hydrogen (secondary N) is 2. The molecule has 1 atom stereocenters. The molecule has 1 saturated heterocycles. The number of nitrogens with zero attached hydrogens (tertiary/aromatic N) is 3. The lowest BCUT2D eigenvalue weighted by molar-refractivity contribution is -0.130. The number of allylic oxidation sites excluding steroid dienone is 2. The molecule has 0 aromatic heterocycles. The molecule has 0 spiro atoms. The van der Waals surface area contributed by atoms with Crippen LogP contribution < -0.4 is 15.8 Å². The predicted octanol–water partition coefficient (Wildman–Crippen LogP) is 3.55. The lowest BCUT2D eigenvalue weighted by atomic mass is 10.1. The first kappa shape index (κ1) is 29.0. The summed E-state index contributed by atoms with van der Waals surface area (Å²) in [6, 6.07) is 13.9. The monoisotopic (exact) mass is 580 g/mol. The van der Waals surface area contributed by atoms with Crippen LogP contribution in [0.4, 0.5) is 11.4 Å². The lowest BCUT2D eigenvalue weighted by Crippen LogP contribution is -2.50. The summed E-state index contributed by atoms with van der Waals surface area (Å²) in [5.74, 6) is 0.293. The van der Waals surface area contributed by atoms with Gasteiger partial charge in [0, 0.05) is 55.6 Å². The molecule has 2 aliphatic rings. The van der Waals surface area contributed by atoms with Gasteiger partial charge in [-0.05, 0) is 60.5 Å². The van der Waals surface area contributed by atoms with Crippen LogP contribution in [0.25, 0.3) is 0 Å². The van der Waals surface area contributed by atoms with Crippen molar-refractivity contribution in [2.45, 2.75) is 17.9 Å². The average Bonchev–Trinajstić information content (AvgIpc) is 3.50. The zero-order chi connectivity index (χ0) is 28.7. The number of thioether (sulfide) groups is 1. The van der Waals surface area contributed by atoms with Gasteiger partial charge in [-0.3, -0.25) is 14.3 Å². The van der Waals surface area contributed by atoms with Crippen molar-refractivity contribution in [2.75, 3.05) is 36.2 Å². The predicted molar refractivity (Wildman–Crippen MR) is 161 cm³/mol. The largest absolute Gasteiger partial charge is 0.405 e. The maximum Gasteiger partial charge on any atom is 0.253 e. The van der Waals surface area contributed by atoms with Gasteiger partial charge in [0.25, 0.3) is 5.91 Å². The highest BCUT2D eigenvalue weighted by Crippen LogP contribution is 2.29. The van der Waals surface area contributed by atoms with E-state index in [2.05, 4.69) is 21.6 Å². The van der Waals surface area contributed by atoms with Crippen LogP contribution in [0.1, 0.15) is 29.3 Å². The van der Waals surface area contributed by atoms with Crippen molar-refractivity contribution in [2.24, 2.45) is 10.7 Å². The Morgan fingerprint density at radius 2 is 1.60 bits per heavy atom. The van der Waals surface area contributed by atoms with Crippen LogP contribution in [0, 0.1) is 0 Å². The molecule has 1 unspecified atom stereocenters. The van der Waals surface area contributed by atoms with Crippen molar-refractivity contribution in [3.05, 3.63) is 95.8 Å². The fraction of sp³-hybridized carbons (Fsp3) is 0.250. The van der Waals surface area contributed by atoms with E-state index < -0.39 is 14.6 Å². The van der Waals surface area contributed by atoms with Crippen molar-refractivity contribution in [3.8, 4) is 0 Å². The minimum absolute atomic E-state index is 0.0202. The first-order chi connectivity index (χ1) is 19.2. The second-order valence-corrected chi connectivity index (χ2v) is 12.5. The number of benzene rings is 2. The maximum atomic E-state index is 12.9. The van der Waals surface area contributed by atoms with Gasteiger partial charge in [0.15, 0.2) is 0 Å². The van der Waals surface area contributed by atoms with Gasteiger partial charge in [0.05, 0.1) is 5.71 Å². The minimum atomic E-state index is -3.51. The molecule has 40 heavy (non-hydrogen) atoms. The third-order valence-electron chi connectivity index (χ3n) is 6.38. The second kappa shape index (κ2) is 12.9. The highest BCUT2D eigenvalue weighted by Gasteiger charge is 2.27. The molecule has 0 aliphatic carbocycles. The molecular weight excluding hydrogens is 548 g/mol. The molecule has 2 aromatic carbocycles. The molecule has 0 bridgehead atoms. The number of sulfonamides is 1. The summed E-state index contributed by atoms with van der Waals surface area (Å²) in [6.07, 6.45) is 5.31. The first-order valence-electron chi connectivity index (χ1n) is 12.7. The average molecular weight is 581 g/mol. The van der Waals surface area contributed by atoms with Gasteiger partial charge in [-0.15, -0.1) is 11.8 Å². The molecule has 2 aliphatic heterocycles. The molecule has 1 fully saturated rings. The molecule has 10 nitrogen and oxygen atoms in total. The Morgan fingerprint density at radius 1 is 1.00 bits per heavy atom. The highest BCUT2D eigenvalue weighted by atomic mass is 32.3. The normalized spacial score (nSPS) is 17.7. The van der Waals surface area contributed by atoms with Crippen molar-refractivity contribution in [3.63, 3.8) is 0 Å². The number of piperazine rings is 1. The van der Waals surface area contributed by atoms with Gasteiger partial charge in [-0.1, -0.05) is 24.8 Å². The second-order valence-electron chi connectivity index (χ2n) is 9.20. The third-order valence-corrected chi connectivity index (χ3v) is 9.73. The molecule has 0 saturated carbocycles. The van der Waals surface area contributed by atoms with Gasteiger partial charge >= 0.3 is 0 Å². The van der Waals surface area contributed by atoms with E-state index in [0.29, 0.717) is 61.1 Å². The zero-order valence-corrected chi connectivity index (χ0v) is 23.7. The van der Waals surface area contributed by atoms with Gasteiger partial charge < -0.3 is 20.9 Å². The van der Waals surface area contributed by atoms with Gasteiger partial charge in [-0.2, -0.15) is 0 Å². The number of carbonyl (C=O) groups excluding carboxylic acids is 2. The van der Waals surface area contributed by atoms with E-state index in [9.17, 15) is 18.0 Å². The standard InChI is InChI=1S/C28H32N6O4S2/c1-20(30-24-9-7-23(8-10-24)28(36)34-17-15-33(16-18-34)21(2)35)31-26(13-14-29)22-5-11-25(12-6-22)32-40(37,38)27-4-3-19-39-27/h3,5-14,19,27,30,32H,1,4,15-18,29H2,2H3/b14-13-,31-26+. The van der Waals surface area contributed by atoms with Crippen molar-refractivity contribution >= 4 is 50.7 Å². The smallest absolute Gasteiger partial charge is 0.253 e. The SMILES string of the molecule is C=C(/N=C(\C=C/N)c1ccc(NS(=O)(=O)C2CC=CS2)cc1)Nc1ccc(C(=O)N2CCN(C(C)=O)CC2)cc1. The summed E-state index contributed by atoms with van der Waals surface area (Å²) in [7, 11) is -3.51. The Balaban J connectivity index is 1.37. The maximum absolute atomic E-state index is 12.9. The Morgan fingerprint density at radius 3 is 2.17 bits per heavy atom. The fourth-order valence-corrected chi connectivity index (χ4v) is 6.74. The van der Waals surface area contributed by atoms with Gasteiger partial charge in [0.2, 0.25) is 15.9 Å². The Hall–Kier alpha value is -4.03. The first-order valence-corrected chi connectivity index (χ1v) is 15.2. The number of amides is 2. The molecule has 210 valence electrons. The molecule has 4 N–H and O–H groups in total. The van der Waals surface area contributed by atoms with Crippen LogP contribution in [-0.4, -0.2) is 66.5 Å². The van der Waals surface area contributed by atoms with Gasteiger partial charge in [0.1, 0.15) is 10.4 Å². The summed E-state index contributed by atoms with van der Waals surface area (Å²) in [5, 5.41) is 4.91. The number of nitrogens with two attached hydrogens (primary N) is 1. The number of rotatable bonds is 9. The van der Waals surface area contributed by atoms with Crippen LogP contribution in [0.5, 0.6) is 0 Å². The van der Waals surface area contributed by atoms with Gasteiger partial charge in [-0.25, -0.2) is 13.4 Å². The van der Waals surface area contributed by atoms with E-state index in [1.165, 1.54) is 24.9 Å². The number of hydrogen-bond donors (Lipinski definition) is 3. The Labute approximate surface area is 238 Å². The van der Waals surface area contributed by atoms with Crippen LogP contribution in [-0.2, 0) is 14.8 Å². The molecule has 12 heteroatoms. The minimum Gasteiger partial charge on any atom is -0.405 e. The van der Waals surface area contributed by atoms with Crippen LogP contribution >= 0.6 is 11.8 Å². The van der Waals surface area contributed by atoms with E-state index in [4.69, 9.17) is 5.73 Å². The molecule has 0 radical (unpaired) electrons. The molecule has 2 amide bonds. The topological polar surface area (TPSA) is 137 Å². The van der Waals surface area contributed by atoms with Crippen LogP contribution in [0.3, 0.4) is 0 Å². The van der Waals surface area contributed by atoms with Crippen LogP contribution in [0.15, 0.2) is 89.7 Å². The lowest BCUT2D eigenvalue weighted by Gasteiger charge is -2.34. The number of aliphatic imine (C=N–C) groups is 1.